The molecule has 6 heteroatoms. The van der Waals surface area contributed by atoms with Gasteiger partial charge in [0.05, 0.1) is 0 Å². The first-order valence-corrected chi connectivity index (χ1v) is 12.9. The fourth-order valence-electron chi connectivity index (χ4n) is 4.11. The van der Waals surface area contributed by atoms with E-state index < -0.39 is 6.04 Å². The Labute approximate surface area is 201 Å². The Morgan fingerprint density at radius 3 is 2.38 bits per heavy atom. The molecule has 2 amide bonds. The quantitative estimate of drug-likeness (QED) is 0.431. The second-order valence-corrected chi connectivity index (χ2v) is 10.1. The summed E-state index contributed by atoms with van der Waals surface area (Å²) in [6, 6.07) is 15.6. The minimum absolute atomic E-state index is 0.0143. The van der Waals surface area contributed by atoms with Gasteiger partial charge in [-0.05, 0) is 56.0 Å². The van der Waals surface area contributed by atoms with Gasteiger partial charge in [0, 0.05) is 34.7 Å². The standard InChI is InChI=1S/C26H33ClN2O2S/c1-3-24(26(31)28-22-6-4-5-7-22)29(18-20-10-8-19(2)9-11-20)25(30)16-17-32-23-14-12-21(27)13-15-23/h8-15,22,24H,3-7,16-18H2,1-2H3,(H,28,31). The van der Waals surface area contributed by atoms with Gasteiger partial charge in [-0.15, -0.1) is 11.8 Å². The van der Waals surface area contributed by atoms with Gasteiger partial charge in [0.25, 0.3) is 0 Å². The molecule has 0 bridgehead atoms. The first-order valence-electron chi connectivity index (χ1n) is 11.5. The predicted octanol–water partition coefficient (Wildman–Crippen LogP) is 6.00. The average molecular weight is 473 g/mol. The van der Waals surface area contributed by atoms with Crippen LogP contribution in [-0.4, -0.2) is 34.6 Å². The maximum Gasteiger partial charge on any atom is 0.243 e. The SMILES string of the molecule is CCC(C(=O)NC1CCCC1)N(Cc1ccc(C)cc1)C(=O)CCSc1ccc(Cl)cc1. The Morgan fingerprint density at radius 2 is 1.75 bits per heavy atom. The van der Waals surface area contributed by atoms with Crippen LogP contribution in [-0.2, 0) is 16.1 Å². The molecule has 0 radical (unpaired) electrons. The van der Waals surface area contributed by atoms with Crippen molar-refractivity contribution in [3.05, 3.63) is 64.7 Å². The largest absolute Gasteiger partial charge is 0.352 e. The summed E-state index contributed by atoms with van der Waals surface area (Å²) in [7, 11) is 0. The van der Waals surface area contributed by atoms with Crippen molar-refractivity contribution in [1.29, 1.82) is 0 Å². The monoisotopic (exact) mass is 472 g/mol. The van der Waals surface area contributed by atoms with Crippen LogP contribution in [0.25, 0.3) is 0 Å². The van der Waals surface area contributed by atoms with Crippen molar-refractivity contribution >= 4 is 35.2 Å². The highest BCUT2D eigenvalue weighted by Crippen LogP contribution is 2.23. The van der Waals surface area contributed by atoms with E-state index in [1.807, 2.05) is 62.4 Å². The first-order chi connectivity index (χ1) is 15.5. The fraction of sp³-hybridized carbons (Fsp3) is 0.462. The number of thioether (sulfide) groups is 1. The van der Waals surface area contributed by atoms with Crippen LogP contribution in [0, 0.1) is 6.92 Å². The molecule has 3 rings (SSSR count). The minimum atomic E-state index is -0.454. The second-order valence-electron chi connectivity index (χ2n) is 8.47. The third kappa shape index (κ3) is 7.28. The lowest BCUT2D eigenvalue weighted by Crippen LogP contribution is -2.51. The summed E-state index contributed by atoms with van der Waals surface area (Å²) in [5.41, 5.74) is 2.22. The molecule has 0 aromatic heterocycles. The molecule has 0 aliphatic heterocycles. The van der Waals surface area contributed by atoms with Crippen molar-refractivity contribution in [3.8, 4) is 0 Å². The molecule has 2 aromatic carbocycles. The van der Waals surface area contributed by atoms with E-state index in [0.717, 1.165) is 36.1 Å². The Kier molecular flexibility index (Phi) is 9.49. The van der Waals surface area contributed by atoms with Gasteiger partial charge >= 0.3 is 0 Å². The van der Waals surface area contributed by atoms with Gasteiger partial charge in [0.15, 0.2) is 0 Å². The molecule has 1 aliphatic carbocycles. The van der Waals surface area contributed by atoms with Crippen LogP contribution < -0.4 is 5.32 Å². The van der Waals surface area contributed by atoms with Crippen molar-refractivity contribution in [2.45, 2.75) is 75.9 Å². The molecule has 172 valence electrons. The van der Waals surface area contributed by atoms with Crippen LogP contribution in [0.3, 0.4) is 0 Å². The molecule has 1 saturated carbocycles. The number of halogens is 1. The Morgan fingerprint density at radius 1 is 1.09 bits per heavy atom. The summed E-state index contributed by atoms with van der Waals surface area (Å²) in [5, 5.41) is 3.90. The number of nitrogens with zero attached hydrogens (tertiary/aromatic N) is 1. The number of rotatable bonds is 10. The summed E-state index contributed by atoms with van der Waals surface area (Å²) in [4.78, 5) is 29.3. The van der Waals surface area contributed by atoms with Gasteiger partial charge in [-0.1, -0.05) is 61.2 Å². The van der Waals surface area contributed by atoms with E-state index in [9.17, 15) is 9.59 Å². The summed E-state index contributed by atoms with van der Waals surface area (Å²) in [6.45, 7) is 4.47. The van der Waals surface area contributed by atoms with E-state index in [-0.39, 0.29) is 17.9 Å². The Balaban J connectivity index is 1.68. The number of hydrogen-bond acceptors (Lipinski definition) is 3. The van der Waals surface area contributed by atoms with Crippen LogP contribution in [0.5, 0.6) is 0 Å². The molecule has 1 unspecified atom stereocenters. The van der Waals surface area contributed by atoms with Crippen molar-refractivity contribution in [2.75, 3.05) is 5.75 Å². The van der Waals surface area contributed by atoms with E-state index in [4.69, 9.17) is 11.6 Å². The first kappa shape index (κ1) is 24.7. The molecule has 1 N–H and O–H groups in total. The van der Waals surface area contributed by atoms with Crippen LogP contribution in [0.15, 0.2) is 53.4 Å². The molecular weight excluding hydrogens is 440 g/mol. The van der Waals surface area contributed by atoms with Gasteiger partial charge in [-0.25, -0.2) is 0 Å². The number of amides is 2. The number of carbonyl (C=O) groups is 2. The third-order valence-electron chi connectivity index (χ3n) is 5.96. The molecule has 1 aliphatic rings. The smallest absolute Gasteiger partial charge is 0.243 e. The van der Waals surface area contributed by atoms with E-state index in [0.29, 0.717) is 30.2 Å². The Hall–Kier alpha value is -1.98. The Bertz CT molecular complexity index is 880. The van der Waals surface area contributed by atoms with E-state index in [2.05, 4.69) is 5.32 Å². The van der Waals surface area contributed by atoms with E-state index in [1.165, 1.54) is 5.56 Å². The van der Waals surface area contributed by atoms with E-state index >= 15 is 0 Å². The topological polar surface area (TPSA) is 49.4 Å². The normalized spacial score (nSPS) is 14.8. The van der Waals surface area contributed by atoms with Crippen LogP contribution in [0.2, 0.25) is 5.02 Å². The maximum absolute atomic E-state index is 13.3. The van der Waals surface area contributed by atoms with Crippen molar-refractivity contribution in [2.24, 2.45) is 0 Å². The van der Waals surface area contributed by atoms with Crippen LogP contribution in [0.1, 0.15) is 56.6 Å². The molecule has 0 saturated heterocycles. The van der Waals surface area contributed by atoms with Gasteiger partial charge in [-0.3, -0.25) is 9.59 Å². The van der Waals surface area contributed by atoms with Gasteiger partial charge < -0.3 is 10.2 Å². The second kappa shape index (κ2) is 12.3. The van der Waals surface area contributed by atoms with Crippen LogP contribution >= 0.6 is 23.4 Å². The minimum Gasteiger partial charge on any atom is -0.352 e. The zero-order valence-electron chi connectivity index (χ0n) is 19.0. The lowest BCUT2D eigenvalue weighted by molar-refractivity contribution is -0.141. The molecule has 2 aromatic rings. The molecule has 0 heterocycles. The summed E-state index contributed by atoms with van der Waals surface area (Å²) >= 11 is 7.59. The number of aryl methyl sites for hydroxylation is 1. The van der Waals surface area contributed by atoms with E-state index in [1.54, 1.807) is 16.7 Å². The zero-order chi connectivity index (χ0) is 22.9. The molecule has 0 spiro atoms. The zero-order valence-corrected chi connectivity index (χ0v) is 20.6. The highest BCUT2D eigenvalue weighted by atomic mass is 35.5. The fourth-order valence-corrected chi connectivity index (χ4v) is 5.07. The molecule has 32 heavy (non-hydrogen) atoms. The lowest BCUT2D eigenvalue weighted by Gasteiger charge is -2.31. The number of nitrogens with one attached hydrogen (secondary N) is 1. The number of benzene rings is 2. The lowest BCUT2D eigenvalue weighted by atomic mass is 10.1. The molecule has 4 nitrogen and oxygen atoms in total. The summed E-state index contributed by atoms with van der Waals surface area (Å²) in [6.07, 6.45) is 5.37. The highest BCUT2D eigenvalue weighted by molar-refractivity contribution is 7.99. The predicted molar refractivity (Wildman–Crippen MR) is 133 cm³/mol. The summed E-state index contributed by atoms with van der Waals surface area (Å²) in [5.74, 6) is 0.650. The van der Waals surface area contributed by atoms with Crippen LogP contribution in [0.4, 0.5) is 0 Å². The number of carbonyl (C=O) groups excluding carboxylic acids is 2. The van der Waals surface area contributed by atoms with Gasteiger partial charge in [0.1, 0.15) is 6.04 Å². The summed E-state index contributed by atoms with van der Waals surface area (Å²) < 4.78 is 0. The van der Waals surface area contributed by atoms with Gasteiger partial charge in [0.2, 0.25) is 11.8 Å². The third-order valence-corrected chi connectivity index (χ3v) is 7.23. The van der Waals surface area contributed by atoms with Gasteiger partial charge in [-0.2, -0.15) is 0 Å². The van der Waals surface area contributed by atoms with Crippen molar-refractivity contribution < 1.29 is 9.59 Å². The molecule has 1 atom stereocenters. The molecular formula is C26H33ClN2O2S. The van der Waals surface area contributed by atoms with Crippen molar-refractivity contribution in [1.82, 2.24) is 10.2 Å². The number of hydrogen-bond donors (Lipinski definition) is 1. The maximum atomic E-state index is 13.3. The average Bonchev–Trinajstić information content (AvgIpc) is 3.29. The highest BCUT2D eigenvalue weighted by Gasteiger charge is 2.30. The molecule has 1 fully saturated rings. The van der Waals surface area contributed by atoms with Crippen molar-refractivity contribution in [3.63, 3.8) is 0 Å².